The Kier molecular flexibility index (Phi) is 3.04. The summed E-state index contributed by atoms with van der Waals surface area (Å²) in [7, 11) is 0. The van der Waals surface area contributed by atoms with Crippen molar-refractivity contribution in [1.82, 2.24) is 14.6 Å². The van der Waals surface area contributed by atoms with Gasteiger partial charge in [-0.05, 0) is 29.8 Å². The molecule has 0 aliphatic rings. The summed E-state index contributed by atoms with van der Waals surface area (Å²) >= 11 is 0. The van der Waals surface area contributed by atoms with Crippen LogP contribution in [0.1, 0.15) is 17.0 Å². The van der Waals surface area contributed by atoms with Crippen molar-refractivity contribution < 1.29 is 13.2 Å². The SMILES string of the molecule is Nc1cccn2nc(Cc3ccc(C(F)(F)F)cc3)nc12. The highest BCUT2D eigenvalue weighted by molar-refractivity contribution is 5.63. The molecule has 3 rings (SSSR count). The Morgan fingerprint density at radius 1 is 1.10 bits per heavy atom. The molecule has 2 aromatic heterocycles. The third-order valence-electron chi connectivity index (χ3n) is 3.08. The van der Waals surface area contributed by atoms with Crippen LogP contribution in [0.5, 0.6) is 0 Å². The van der Waals surface area contributed by atoms with E-state index in [9.17, 15) is 13.2 Å². The van der Waals surface area contributed by atoms with E-state index >= 15 is 0 Å². The lowest BCUT2D eigenvalue weighted by atomic mass is 10.1. The molecule has 7 heteroatoms. The summed E-state index contributed by atoms with van der Waals surface area (Å²) in [4.78, 5) is 4.28. The number of halogens is 3. The molecule has 0 amide bonds. The minimum absolute atomic E-state index is 0.346. The van der Waals surface area contributed by atoms with Gasteiger partial charge in [-0.2, -0.15) is 18.3 Å². The number of aromatic nitrogens is 3. The van der Waals surface area contributed by atoms with Crippen LogP contribution in [0.3, 0.4) is 0 Å². The zero-order valence-corrected chi connectivity index (χ0v) is 10.8. The number of alkyl halides is 3. The van der Waals surface area contributed by atoms with Crippen molar-refractivity contribution in [1.29, 1.82) is 0 Å². The maximum Gasteiger partial charge on any atom is 0.416 e. The molecule has 21 heavy (non-hydrogen) atoms. The molecule has 0 radical (unpaired) electrons. The predicted molar refractivity (Wildman–Crippen MR) is 71.6 cm³/mol. The Bertz CT molecular complexity index is 775. The molecule has 0 aliphatic carbocycles. The molecule has 108 valence electrons. The van der Waals surface area contributed by atoms with Gasteiger partial charge in [-0.15, -0.1) is 0 Å². The molecule has 2 N–H and O–H groups in total. The summed E-state index contributed by atoms with van der Waals surface area (Å²) in [5.41, 5.74) is 6.86. The van der Waals surface area contributed by atoms with Crippen LogP contribution >= 0.6 is 0 Å². The minimum Gasteiger partial charge on any atom is -0.396 e. The van der Waals surface area contributed by atoms with Crippen molar-refractivity contribution in [3.8, 4) is 0 Å². The summed E-state index contributed by atoms with van der Waals surface area (Å²) < 4.78 is 39.0. The van der Waals surface area contributed by atoms with Crippen molar-refractivity contribution in [3.63, 3.8) is 0 Å². The number of pyridine rings is 1. The van der Waals surface area contributed by atoms with Gasteiger partial charge in [-0.1, -0.05) is 12.1 Å². The molecule has 0 fully saturated rings. The second-order valence-corrected chi connectivity index (χ2v) is 4.63. The first-order valence-electron chi connectivity index (χ1n) is 6.19. The number of nitrogens with zero attached hydrogens (tertiary/aromatic N) is 3. The van der Waals surface area contributed by atoms with E-state index < -0.39 is 11.7 Å². The van der Waals surface area contributed by atoms with Gasteiger partial charge in [0.05, 0.1) is 11.3 Å². The monoisotopic (exact) mass is 292 g/mol. The van der Waals surface area contributed by atoms with Crippen LogP contribution in [0.2, 0.25) is 0 Å². The quantitative estimate of drug-likeness (QED) is 0.790. The summed E-state index contributed by atoms with van der Waals surface area (Å²) in [6.45, 7) is 0. The van der Waals surface area contributed by atoms with Crippen LogP contribution in [0.4, 0.5) is 18.9 Å². The van der Waals surface area contributed by atoms with E-state index in [1.165, 1.54) is 12.1 Å². The van der Waals surface area contributed by atoms with Crippen molar-refractivity contribution in [2.75, 3.05) is 5.73 Å². The van der Waals surface area contributed by atoms with Crippen LogP contribution in [-0.2, 0) is 12.6 Å². The molecule has 0 saturated carbocycles. The van der Waals surface area contributed by atoms with E-state index in [4.69, 9.17) is 5.73 Å². The topological polar surface area (TPSA) is 56.2 Å². The fraction of sp³-hybridized carbons (Fsp3) is 0.143. The molecule has 0 spiro atoms. The lowest BCUT2D eigenvalue weighted by Crippen LogP contribution is -2.04. The fourth-order valence-electron chi connectivity index (χ4n) is 2.04. The first-order valence-corrected chi connectivity index (χ1v) is 6.19. The summed E-state index contributed by atoms with van der Waals surface area (Å²) in [6.07, 6.45) is -2.26. The summed E-state index contributed by atoms with van der Waals surface area (Å²) in [5.74, 6) is 0.507. The highest BCUT2D eigenvalue weighted by atomic mass is 19.4. The second-order valence-electron chi connectivity index (χ2n) is 4.63. The molecule has 0 atom stereocenters. The number of fused-ring (bicyclic) bond motifs is 1. The van der Waals surface area contributed by atoms with E-state index in [1.807, 2.05) is 0 Å². The van der Waals surface area contributed by atoms with Crippen molar-refractivity contribution >= 4 is 11.3 Å². The Labute approximate surface area is 118 Å². The molecule has 0 bridgehead atoms. The summed E-state index contributed by atoms with van der Waals surface area (Å²) in [5, 5.41) is 4.24. The van der Waals surface area contributed by atoms with Crippen LogP contribution in [0.25, 0.3) is 5.65 Å². The number of nitrogens with two attached hydrogens (primary N) is 1. The number of nitrogen functional groups attached to an aromatic ring is 1. The summed E-state index contributed by atoms with van der Waals surface area (Å²) in [6, 6.07) is 8.43. The predicted octanol–water partition coefficient (Wildman–Crippen LogP) is 2.92. The minimum atomic E-state index is -4.33. The van der Waals surface area contributed by atoms with Crippen LogP contribution in [-0.4, -0.2) is 14.6 Å². The van der Waals surface area contributed by atoms with E-state index in [0.29, 0.717) is 29.1 Å². The van der Waals surface area contributed by atoms with Crippen LogP contribution in [0, 0.1) is 0 Å². The average molecular weight is 292 g/mol. The van der Waals surface area contributed by atoms with Gasteiger partial charge in [0, 0.05) is 12.6 Å². The van der Waals surface area contributed by atoms with Gasteiger partial charge in [0.15, 0.2) is 11.5 Å². The number of hydrogen-bond donors (Lipinski definition) is 1. The standard InChI is InChI=1S/C14H11F3N4/c15-14(16,17)10-5-3-9(4-6-10)8-12-19-13-11(18)2-1-7-21(13)20-12/h1-7H,8,18H2. The van der Waals surface area contributed by atoms with Gasteiger partial charge in [-0.25, -0.2) is 9.50 Å². The zero-order chi connectivity index (χ0) is 15.0. The zero-order valence-electron chi connectivity index (χ0n) is 10.8. The van der Waals surface area contributed by atoms with Crippen LogP contribution in [0.15, 0.2) is 42.6 Å². The highest BCUT2D eigenvalue weighted by Gasteiger charge is 2.29. The normalized spacial score (nSPS) is 12.0. The maximum atomic E-state index is 12.5. The first kappa shape index (κ1) is 13.4. The lowest BCUT2D eigenvalue weighted by Gasteiger charge is -2.06. The van der Waals surface area contributed by atoms with Gasteiger partial charge in [0.2, 0.25) is 0 Å². The first-order chi connectivity index (χ1) is 9.93. The molecule has 3 aromatic rings. The molecular weight excluding hydrogens is 281 g/mol. The average Bonchev–Trinajstić information content (AvgIpc) is 2.82. The third-order valence-corrected chi connectivity index (χ3v) is 3.08. The van der Waals surface area contributed by atoms with Gasteiger partial charge in [0.25, 0.3) is 0 Å². The fourth-order valence-corrected chi connectivity index (χ4v) is 2.04. The van der Waals surface area contributed by atoms with E-state index in [2.05, 4.69) is 10.1 Å². The molecular formula is C14H11F3N4. The van der Waals surface area contributed by atoms with Crippen molar-refractivity contribution in [2.24, 2.45) is 0 Å². The number of hydrogen-bond acceptors (Lipinski definition) is 3. The van der Waals surface area contributed by atoms with Crippen molar-refractivity contribution in [3.05, 3.63) is 59.5 Å². The Morgan fingerprint density at radius 3 is 2.43 bits per heavy atom. The lowest BCUT2D eigenvalue weighted by molar-refractivity contribution is -0.137. The van der Waals surface area contributed by atoms with E-state index in [1.54, 1.807) is 22.8 Å². The number of rotatable bonds is 2. The van der Waals surface area contributed by atoms with Gasteiger partial charge < -0.3 is 5.73 Å². The smallest absolute Gasteiger partial charge is 0.396 e. The van der Waals surface area contributed by atoms with Gasteiger partial charge >= 0.3 is 6.18 Å². The Hall–Kier alpha value is -2.57. The van der Waals surface area contributed by atoms with Gasteiger partial charge in [-0.3, -0.25) is 0 Å². The Morgan fingerprint density at radius 2 is 1.81 bits per heavy atom. The Balaban J connectivity index is 1.87. The second kappa shape index (κ2) is 4.76. The molecule has 4 nitrogen and oxygen atoms in total. The molecule has 0 unspecified atom stereocenters. The number of anilines is 1. The largest absolute Gasteiger partial charge is 0.416 e. The third kappa shape index (κ3) is 2.67. The number of benzene rings is 1. The van der Waals surface area contributed by atoms with Gasteiger partial charge in [0.1, 0.15) is 0 Å². The molecule has 0 aliphatic heterocycles. The highest BCUT2D eigenvalue weighted by Crippen LogP contribution is 2.29. The van der Waals surface area contributed by atoms with Crippen molar-refractivity contribution in [2.45, 2.75) is 12.6 Å². The molecule has 2 heterocycles. The maximum absolute atomic E-state index is 12.5. The van der Waals surface area contributed by atoms with E-state index in [0.717, 1.165) is 12.1 Å². The molecule has 0 saturated heterocycles. The molecule has 1 aromatic carbocycles. The van der Waals surface area contributed by atoms with Crippen LogP contribution < -0.4 is 5.73 Å². The van der Waals surface area contributed by atoms with E-state index in [-0.39, 0.29) is 0 Å².